The molecular weight excluding hydrogens is 508 g/mol. The molecule has 0 spiro atoms. The lowest BCUT2D eigenvalue weighted by Crippen LogP contribution is -2.12. The number of aliphatic imine (C=N–C) groups is 1. The molecule has 0 aliphatic rings. The Bertz CT molecular complexity index is 1570. The second kappa shape index (κ2) is 9.81. The summed E-state index contributed by atoms with van der Waals surface area (Å²) in [5, 5.41) is 9.91. The fourth-order valence-corrected chi connectivity index (χ4v) is 4.52. The molecular formula is C26H23BrN6O2. The van der Waals surface area contributed by atoms with Crippen molar-refractivity contribution in [3.63, 3.8) is 0 Å². The van der Waals surface area contributed by atoms with Gasteiger partial charge >= 0.3 is 0 Å². The normalized spacial score (nSPS) is 12.5. The first kappa shape index (κ1) is 22.9. The van der Waals surface area contributed by atoms with Crippen LogP contribution in [0.15, 0.2) is 81.6 Å². The van der Waals surface area contributed by atoms with Crippen molar-refractivity contribution < 1.29 is 5.11 Å². The Kier molecular flexibility index (Phi) is 6.43. The van der Waals surface area contributed by atoms with Crippen molar-refractivity contribution in [2.75, 3.05) is 6.61 Å². The minimum atomic E-state index is -0.293. The van der Waals surface area contributed by atoms with Gasteiger partial charge in [0.1, 0.15) is 11.4 Å². The number of nitrogens with one attached hydrogen (secondary N) is 2. The van der Waals surface area contributed by atoms with Crippen LogP contribution in [0, 0.1) is 12.8 Å². The Hall–Kier alpha value is -3.82. The molecule has 0 radical (unpaired) electrons. The number of fused-ring (bicyclic) bond motifs is 1. The predicted molar refractivity (Wildman–Crippen MR) is 141 cm³/mol. The Labute approximate surface area is 209 Å². The molecule has 176 valence electrons. The fraction of sp³-hybridized carbons (Fsp3) is 0.154. The summed E-state index contributed by atoms with van der Waals surface area (Å²) in [6.07, 6.45) is 9.22. The molecule has 8 nitrogen and oxygen atoms in total. The summed E-state index contributed by atoms with van der Waals surface area (Å²) in [7, 11) is 0. The van der Waals surface area contributed by atoms with Crippen molar-refractivity contribution in [3.8, 4) is 17.1 Å². The van der Waals surface area contributed by atoms with Crippen LogP contribution in [0.2, 0.25) is 0 Å². The standard InChI is InChI=1S/C26H23BrN6O2/c1-16-9-20(33-8-7-28-15-33)12-22-24(16)32-25(31-22)23-21(5-6-29-26(23)35)30-13-18(14-34)10-17-3-2-4-19(27)11-17/h2-9,11-13,15,18,34H,10,14H2,1H3,(H,29,35)(H,31,32). The first-order chi connectivity index (χ1) is 17.0. The molecule has 3 heterocycles. The van der Waals surface area contributed by atoms with Gasteiger partial charge in [0.05, 0.1) is 29.7 Å². The van der Waals surface area contributed by atoms with Gasteiger partial charge in [-0.2, -0.15) is 0 Å². The smallest absolute Gasteiger partial charge is 0.261 e. The molecule has 0 fully saturated rings. The third-order valence-electron chi connectivity index (χ3n) is 5.79. The number of aryl methyl sites for hydroxylation is 1. The molecule has 0 amide bonds. The molecule has 1 unspecified atom stereocenters. The number of nitrogens with zero attached hydrogens (tertiary/aromatic N) is 4. The first-order valence-corrected chi connectivity index (χ1v) is 11.9. The number of hydrogen-bond donors (Lipinski definition) is 3. The monoisotopic (exact) mass is 530 g/mol. The third kappa shape index (κ3) is 4.87. The number of imidazole rings is 2. The van der Waals surface area contributed by atoms with Gasteiger partial charge in [-0.15, -0.1) is 0 Å². The molecule has 9 heteroatoms. The van der Waals surface area contributed by atoms with Gasteiger partial charge < -0.3 is 19.6 Å². The number of aliphatic hydroxyl groups is 1. The van der Waals surface area contributed by atoms with E-state index in [0.717, 1.165) is 32.3 Å². The fourth-order valence-electron chi connectivity index (χ4n) is 4.07. The zero-order valence-corrected chi connectivity index (χ0v) is 20.5. The number of benzene rings is 2. The zero-order valence-electron chi connectivity index (χ0n) is 18.9. The van der Waals surface area contributed by atoms with E-state index >= 15 is 0 Å². The molecule has 0 saturated heterocycles. The zero-order chi connectivity index (χ0) is 24.4. The lowest BCUT2D eigenvalue weighted by atomic mass is 10.0. The van der Waals surface area contributed by atoms with Crippen molar-refractivity contribution in [1.82, 2.24) is 24.5 Å². The molecule has 5 rings (SSSR count). The minimum Gasteiger partial charge on any atom is -0.396 e. The van der Waals surface area contributed by atoms with Crippen molar-refractivity contribution in [3.05, 3.63) is 93.3 Å². The van der Waals surface area contributed by atoms with Crippen LogP contribution < -0.4 is 5.56 Å². The van der Waals surface area contributed by atoms with Crippen LogP contribution in [-0.2, 0) is 6.42 Å². The van der Waals surface area contributed by atoms with Gasteiger partial charge in [-0.1, -0.05) is 28.1 Å². The average Bonchev–Trinajstić information content (AvgIpc) is 3.52. The maximum Gasteiger partial charge on any atom is 0.261 e. The Morgan fingerprint density at radius 3 is 2.91 bits per heavy atom. The highest BCUT2D eigenvalue weighted by Crippen LogP contribution is 2.29. The van der Waals surface area contributed by atoms with Crippen molar-refractivity contribution >= 4 is 38.9 Å². The van der Waals surface area contributed by atoms with Crippen LogP contribution >= 0.6 is 15.9 Å². The number of rotatable bonds is 7. The topological polar surface area (TPSA) is 112 Å². The van der Waals surface area contributed by atoms with Crippen LogP contribution in [0.4, 0.5) is 5.69 Å². The average molecular weight is 531 g/mol. The van der Waals surface area contributed by atoms with Crippen LogP contribution in [0.1, 0.15) is 11.1 Å². The second-order valence-corrected chi connectivity index (χ2v) is 9.25. The first-order valence-electron chi connectivity index (χ1n) is 11.1. The van der Waals surface area contributed by atoms with E-state index in [1.165, 1.54) is 0 Å². The molecule has 0 saturated carbocycles. The second-order valence-electron chi connectivity index (χ2n) is 8.34. The van der Waals surface area contributed by atoms with Crippen molar-refractivity contribution in [2.45, 2.75) is 13.3 Å². The quantitative estimate of drug-likeness (QED) is 0.264. The van der Waals surface area contributed by atoms with Gasteiger partial charge in [-0.3, -0.25) is 9.79 Å². The molecule has 2 aromatic carbocycles. The summed E-state index contributed by atoms with van der Waals surface area (Å²) in [4.78, 5) is 32.3. The predicted octanol–water partition coefficient (Wildman–Crippen LogP) is 4.73. The number of pyridine rings is 1. The Morgan fingerprint density at radius 2 is 2.14 bits per heavy atom. The minimum absolute atomic E-state index is 0.0601. The SMILES string of the molecule is Cc1cc(-n2ccnc2)cc2[nH]c(-c3c(N=CC(CO)Cc4cccc(Br)c4)cc[nH]c3=O)nc12. The van der Waals surface area contributed by atoms with Crippen LogP contribution in [0.3, 0.4) is 0 Å². The maximum atomic E-state index is 12.8. The Balaban J connectivity index is 1.50. The molecule has 0 aliphatic heterocycles. The largest absolute Gasteiger partial charge is 0.396 e. The van der Waals surface area contributed by atoms with E-state index in [4.69, 9.17) is 4.98 Å². The molecule has 3 N–H and O–H groups in total. The summed E-state index contributed by atoms with van der Waals surface area (Å²) in [5.41, 5.74) is 5.13. The Morgan fingerprint density at radius 1 is 1.26 bits per heavy atom. The van der Waals surface area contributed by atoms with E-state index < -0.39 is 0 Å². The number of aliphatic hydroxyl groups excluding tert-OH is 1. The number of hydrogen-bond acceptors (Lipinski definition) is 5. The summed E-state index contributed by atoms with van der Waals surface area (Å²) in [6.45, 7) is 1.92. The van der Waals surface area contributed by atoms with Crippen molar-refractivity contribution in [2.24, 2.45) is 10.9 Å². The number of aromatic nitrogens is 5. The van der Waals surface area contributed by atoms with Gasteiger partial charge in [-0.05, 0) is 54.8 Å². The summed E-state index contributed by atoms with van der Waals surface area (Å²) in [5.74, 6) is 0.236. The maximum absolute atomic E-state index is 12.8. The highest BCUT2D eigenvalue weighted by Gasteiger charge is 2.16. The van der Waals surface area contributed by atoms with Gasteiger partial charge in [-0.25, -0.2) is 9.97 Å². The van der Waals surface area contributed by atoms with E-state index in [2.05, 4.69) is 35.9 Å². The van der Waals surface area contributed by atoms with Crippen LogP contribution in [-0.4, -0.2) is 42.4 Å². The van der Waals surface area contributed by atoms with Gasteiger partial charge in [0.25, 0.3) is 5.56 Å². The van der Waals surface area contributed by atoms with Crippen molar-refractivity contribution in [1.29, 1.82) is 0 Å². The highest BCUT2D eigenvalue weighted by molar-refractivity contribution is 9.10. The molecule has 0 aliphatic carbocycles. The molecule has 0 bridgehead atoms. The summed E-state index contributed by atoms with van der Waals surface area (Å²) in [6, 6.07) is 13.7. The summed E-state index contributed by atoms with van der Waals surface area (Å²) < 4.78 is 2.90. The van der Waals surface area contributed by atoms with E-state index in [0.29, 0.717) is 23.5 Å². The molecule has 5 aromatic rings. The van der Waals surface area contributed by atoms with Gasteiger partial charge in [0.15, 0.2) is 0 Å². The van der Waals surface area contributed by atoms with Gasteiger partial charge in [0, 0.05) is 40.9 Å². The molecule has 35 heavy (non-hydrogen) atoms. The number of aromatic amines is 2. The molecule has 1 atom stereocenters. The van der Waals surface area contributed by atoms with E-state index in [-0.39, 0.29) is 18.1 Å². The van der Waals surface area contributed by atoms with Crippen LogP contribution in [0.5, 0.6) is 0 Å². The third-order valence-corrected chi connectivity index (χ3v) is 6.28. The van der Waals surface area contributed by atoms with E-state index in [9.17, 15) is 9.90 Å². The lowest BCUT2D eigenvalue weighted by molar-refractivity contribution is 0.263. The molecule has 3 aromatic heterocycles. The van der Waals surface area contributed by atoms with E-state index in [1.807, 2.05) is 54.1 Å². The van der Waals surface area contributed by atoms with Crippen LogP contribution in [0.25, 0.3) is 28.1 Å². The highest BCUT2D eigenvalue weighted by atomic mass is 79.9. The summed E-state index contributed by atoms with van der Waals surface area (Å²) >= 11 is 3.48. The number of halogens is 1. The lowest BCUT2D eigenvalue weighted by Gasteiger charge is -2.09. The number of H-pyrrole nitrogens is 2. The van der Waals surface area contributed by atoms with E-state index in [1.54, 1.807) is 31.0 Å². The van der Waals surface area contributed by atoms with Gasteiger partial charge in [0.2, 0.25) is 0 Å².